The second kappa shape index (κ2) is 7.55. The summed E-state index contributed by atoms with van der Waals surface area (Å²) in [7, 11) is -2.28. The van der Waals surface area contributed by atoms with E-state index >= 15 is 0 Å². The van der Waals surface area contributed by atoms with E-state index < -0.39 is 7.26 Å². The molecule has 1 unspecified atom stereocenters. The van der Waals surface area contributed by atoms with Gasteiger partial charge < -0.3 is 0 Å². The van der Waals surface area contributed by atoms with Crippen LogP contribution < -0.4 is 15.9 Å². The standard InChI is InChI=1S/C22H23OP/c1-19(17-18-23)24(20-11-5-2-6-12-20,21-13-7-3-8-14-21)22-15-9-4-10-16-22/h2-16,18-19,24H,17H2,1H3. The third-order valence-electron chi connectivity index (χ3n) is 4.88. The van der Waals surface area contributed by atoms with Crippen LogP contribution in [0, 0.1) is 0 Å². The van der Waals surface area contributed by atoms with E-state index in [1.165, 1.54) is 15.9 Å². The number of carbonyl (C=O) groups excluding carboxylic acids is 1. The SMILES string of the molecule is CC(CC=O)[PH](c1ccccc1)(c1ccccc1)c1ccccc1. The summed E-state index contributed by atoms with van der Waals surface area (Å²) in [6, 6.07) is 32.2. The second-order valence-corrected chi connectivity index (χ2v) is 10.5. The first-order valence-corrected chi connectivity index (χ1v) is 10.5. The maximum atomic E-state index is 11.4. The van der Waals surface area contributed by atoms with Crippen LogP contribution in [0.15, 0.2) is 91.0 Å². The molecule has 0 aromatic heterocycles. The minimum atomic E-state index is -2.28. The molecular formula is C22H23OP. The third kappa shape index (κ3) is 2.92. The topological polar surface area (TPSA) is 17.1 Å². The minimum absolute atomic E-state index is 0.280. The first kappa shape index (κ1) is 16.6. The van der Waals surface area contributed by atoms with E-state index in [0.29, 0.717) is 6.42 Å². The fourth-order valence-corrected chi connectivity index (χ4v) is 9.09. The number of hydrogen-bond acceptors (Lipinski definition) is 1. The van der Waals surface area contributed by atoms with Gasteiger partial charge in [-0.1, -0.05) is 0 Å². The van der Waals surface area contributed by atoms with Crippen molar-refractivity contribution in [2.75, 3.05) is 0 Å². The molecule has 3 aromatic rings. The van der Waals surface area contributed by atoms with Gasteiger partial charge in [-0.25, -0.2) is 0 Å². The summed E-state index contributed by atoms with van der Waals surface area (Å²) in [5, 5.41) is 4.07. The van der Waals surface area contributed by atoms with Gasteiger partial charge in [0, 0.05) is 0 Å². The molecule has 122 valence electrons. The summed E-state index contributed by atoms with van der Waals surface area (Å²) >= 11 is 0. The predicted molar refractivity (Wildman–Crippen MR) is 107 cm³/mol. The van der Waals surface area contributed by atoms with Crippen LogP contribution in [0.3, 0.4) is 0 Å². The van der Waals surface area contributed by atoms with Crippen LogP contribution in [0.1, 0.15) is 13.3 Å². The second-order valence-electron chi connectivity index (χ2n) is 6.21. The summed E-state index contributed by atoms with van der Waals surface area (Å²) in [4.78, 5) is 11.4. The zero-order valence-electron chi connectivity index (χ0n) is 13.9. The first-order valence-electron chi connectivity index (χ1n) is 8.40. The van der Waals surface area contributed by atoms with E-state index in [4.69, 9.17) is 0 Å². The molecule has 0 bridgehead atoms. The van der Waals surface area contributed by atoms with Crippen LogP contribution in [-0.4, -0.2) is 11.9 Å². The Hall–Kier alpha value is -2.24. The zero-order chi connectivity index (χ0) is 16.8. The Balaban J connectivity index is 2.35. The predicted octanol–water partition coefficient (Wildman–Crippen LogP) is 3.69. The van der Waals surface area contributed by atoms with E-state index in [2.05, 4.69) is 97.9 Å². The van der Waals surface area contributed by atoms with Crippen molar-refractivity contribution >= 4 is 29.5 Å². The fourth-order valence-electron chi connectivity index (χ4n) is 3.78. The molecule has 1 nitrogen and oxygen atoms in total. The summed E-state index contributed by atoms with van der Waals surface area (Å²) in [5.41, 5.74) is 0.280. The Kier molecular flexibility index (Phi) is 5.23. The number of hydrogen-bond donors (Lipinski definition) is 0. The molecule has 0 aliphatic carbocycles. The molecule has 2 heteroatoms. The van der Waals surface area contributed by atoms with Gasteiger partial charge in [0.1, 0.15) is 0 Å². The van der Waals surface area contributed by atoms with Crippen LogP contribution >= 0.6 is 7.26 Å². The molecule has 0 N–H and O–H groups in total. The molecule has 3 rings (SSSR count). The van der Waals surface area contributed by atoms with Gasteiger partial charge in [0.25, 0.3) is 0 Å². The third-order valence-corrected chi connectivity index (χ3v) is 10.3. The number of carbonyl (C=O) groups is 1. The molecule has 0 radical (unpaired) electrons. The summed E-state index contributed by atoms with van der Waals surface area (Å²) in [5.74, 6) is 0. The Labute approximate surface area is 144 Å². The quantitative estimate of drug-likeness (QED) is 0.496. The molecule has 0 saturated carbocycles. The molecule has 0 fully saturated rings. The van der Waals surface area contributed by atoms with Gasteiger partial charge in [-0.2, -0.15) is 0 Å². The van der Waals surface area contributed by atoms with Gasteiger partial charge >= 0.3 is 144 Å². The van der Waals surface area contributed by atoms with Crippen LogP contribution in [0.2, 0.25) is 0 Å². The van der Waals surface area contributed by atoms with Crippen molar-refractivity contribution in [2.24, 2.45) is 0 Å². The fraction of sp³-hybridized carbons (Fsp3) is 0.136. The molecule has 1 atom stereocenters. The maximum absolute atomic E-state index is 11.4. The molecule has 0 amide bonds. The Morgan fingerprint density at radius 3 is 1.33 bits per heavy atom. The van der Waals surface area contributed by atoms with Crippen molar-refractivity contribution in [3.63, 3.8) is 0 Å². The number of benzene rings is 3. The average molecular weight is 334 g/mol. The normalized spacial score (nSPS) is 13.2. The Morgan fingerprint density at radius 1 is 0.708 bits per heavy atom. The number of aldehydes is 1. The van der Waals surface area contributed by atoms with Crippen LogP contribution in [0.4, 0.5) is 0 Å². The molecule has 3 aromatic carbocycles. The van der Waals surface area contributed by atoms with Crippen molar-refractivity contribution in [1.82, 2.24) is 0 Å². The Bertz CT molecular complexity index is 672. The van der Waals surface area contributed by atoms with Gasteiger partial charge in [0.15, 0.2) is 0 Å². The van der Waals surface area contributed by atoms with Crippen LogP contribution in [-0.2, 0) is 4.79 Å². The summed E-state index contributed by atoms with van der Waals surface area (Å²) < 4.78 is 0. The monoisotopic (exact) mass is 334 g/mol. The van der Waals surface area contributed by atoms with Crippen LogP contribution in [0.5, 0.6) is 0 Å². The average Bonchev–Trinajstić information content (AvgIpc) is 2.65. The van der Waals surface area contributed by atoms with E-state index in [0.717, 1.165) is 6.29 Å². The van der Waals surface area contributed by atoms with Gasteiger partial charge in [-0.05, 0) is 0 Å². The molecule has 0 aliphatic rings. The van der Waals surface area contributed by atoms with Gasteiger partial charge in [0.2, 0.25) is 0 Å². The first-order chi connectivity index (χ1) is 11.8. The van der Waals surface area contributed by atoms with E-state index in [9.17, 15) is 4.79 Å². The van der Waals surface area contributed by atoms with Crippen LogP contribution in [0.25, 0.3) is 0 Å². The van der Waals surface area contributed by atoms with Crippen molar-refractivity contribution in [3.8, 4) is 0 Å². The van der Waals surface area contributed by atoms with Crippen molar-refractivity contribution in [3.05, 3.63) is 91.0 Å². The van der Waals surface area contributed by atoms with Crippen molar-refractivity contribution < 1.29 is 4.79 Å². The Morgan fingerprint density at radius 2 is 1.04 bits per heavy atom. The van der Waals surface area contributed by atoms with Gasteiger partial charge in [-0.15, -0.1) is 0 Å². The van der Waals surface area contributed by atoms with E-state index in [1.54, 1.807) is 0 Å². The molecule has 0 spiro atoms. The molecular weight excluding hydrogens is 311 g/mol. The summed E-state index contributed by atoms with van der Waals surface area (Å²) in [6.07, 6.45) is 1.64. The zero-order valence-corrected chi connectivity index (χ0v) is 14.9. The van der Waals surface area contributed by atoms with Crippen molar-refractivity contribution in [1.29, 1.82) is 0 Å². The molecule has 24 heavy (non-hydrogen) atoms. The molecule has 0 heterocycles. The molecule has 0 aliphatic heterocycles. The molecule has 0 saturated heterocycles. The van der Waals surface area contributed by atoms with E-state index in [-0.39, 0.29) is 5.66 Å². The van der Waals surface area contributed by atoms with Gasteiger partial charge in [0.05, 0.1) is 0 Å². The van der Waals surface area contributed by atoms with Gasteiger partial charge in [-0.3, -0.25) is 0 Å². The van der Waals surface area contributed by atoms with E-state index in [1.807, 2.05) is 0 Å². The summed E-state index contributed by atoms with van der Waals surface area (Å²) in [6.45, 7) is 2.23. The number of rotatable bonds is 6. The van der Waals surface area contributed by atoms with Crippen molar-refractivity contribution in [2.45, 2.75) is 19.0 Å².